The summed E-state index contributed by atoms with van der Waals surface area (Å²) >= 11 is 1.51. The van der Waals surface area contributed by atoms with Gasteiger partial charge in [0, 0.05) is 18.7 Å². The smallest absolute Gasteiger partial charge is 0.234 e. The molecule has 0 aromatic heterocycles. The zero-order valence-electron chi connectivity index (χ0n) is 14.3. The van der Waals surface area contributed by atoms with Crippen molar-refractivity contribution in [3.05, 3.63) is 59.7 Å². The first-order valence-electron chi connectivity index (χ1n) is 8.43. The molecule has 0 saturated carbocycles. The van der Waals surface area contributed by atoms with Crippen LogP contribution in [0.25, 0.3) is 0 Å². The fourth-order valence-corrected chi connectivity index (χ4v) is 3.63. The molecule has 0 spiro atoms. The van der Waals surface area contributed by atoms with Gasteiger partial charge in [-0.1, -0.05) is 24.3 Å². The van der Waals surface area contributed by atoms with Gasteiger partial charge in [0.2, 0.25) is 11.8 Å². The standard InChI is InChI=1S/C20H19N3O2S/c21-12-15-7-9-16(10-8-15)13-26-14-19(24)22-17-4-1-2-5-18(17)23-11-3-6-20(23)25/h1-2,4-5,7-10H,3,6,11,13-14H2,(H,22,24). The molecule has 1 aliphatic heterocycles. The molecule has 5 nitrogen and oxygen atoms in total. The summed E-state index contributed by atoms with van der Waals surface area (Å²) in [6.07, 6.45) is 1.41. The van der Waals surface area contributed by atoms with Crippen molar-refractivity contribution in [2.45, 2.75) is 18.6 Å². The third kappa shape index (κ3) is 4.44. The van der Waals surface area contributed by atoms with Gasteiger partial charge in [0.15, 0.2) is 0 Å². The molecule has 0 aliphatic carbocycles. The molecule has 0 radical (unpaired) electrons. The van der Waals surface area contributed by atoms with E-state index in [0.29, 0.717) is 35.7 Å². The molecule has 6 heteroatoms. The topological polar surface area (TPSA) is 73.2 Å². The number of carbonyl (C=O) groups excluding carboxylic acids is 2. The average Bonchev–Trinajstić information content (AvgIpc) is 3.08. The summed E-state index contributed by atoms with van der Waals surface area (Å²) in [5, 5.41) is 11.7. The van der Waals surface area contributed by atoms with Crippen molar-refractivity contribution in [2.75, 3.05) is 22.5 Å². The van der Waals surface area contributed by atoms with Crippen LogP contribution in [0.15, 0.2) is 48.5 Å². The second-order valence-electron chi connectivity index (χ2n) is 6.02. The van der Waals surface area contributed by atoms with Gasteiger partial charge in [-0.3, -0.25) is 9.59 Å². The molecule has 0 unspecified atom stereocenters. The van der Waals surface area contributed by atoms with Crippen molar-refractivity contribution >= 4 is 35.0 Å². The van der Waals surface area contributed by atoms with E-state index in [2.05, 4.69) is 11.4 Å². The molecule has 3 rings (SSSR count). The lowest BCUT2D eigenvalue weighted by molar-refractivity contribution is -0.117. The van der Waals surface area contributed by atoms with Crippen molar-refractivity contribution < 1.29 is 9.59 Å². The summed E-state index contributed by atoms with van der Waals surface area (Å²) in [7, 11) is 0. The fraction of sp³-hybridized carbons (Fsp3) is 0.250. The lowest BCUT2D eigenvalue weighted by Crippen LogP contribution is -2.26. The molecular weight excluding hydrogens is 346 g/mol. The Kier molecular flexibility index (Phi) is 5.92. The van der Waals surface area contributed by atoms with Crippen molar-refractivity contribution in [1.29, 1.82) is 5.26 Å². The molecular formula is C20H19N3O2S. The van der Waals surface area contributed by atoms with Crippen LogP contribution in [0.3, 0.4) is 0 Å². The number of nitrogens with zero attached hydrogens (tertiary/aromatic N) is 2. The van der Waals surface area contributed by atoms with Crippen LogP contribution in [0.5, 0.6) is 0 Å². The molecule has 2 amide bonds. The number of para-hydroxylation sites is 2. The monoisotopic (exact) mass is 365 g/mol. The first-order valence-corrected chi connectivity index (χ1v) is 9.59. The van der Waals surface area contributed by atoms with Gasteiger partial charge in [-0.15, -0.1) is 11.8 Å². The number of hydrogen-bond donors (Lipinski definition) is 1. The second kappa shape index (κ2) is 8.54. The van der Waals surface area contributed by atoms with Crippen LogP contribution in [0.4, 0.5) is 11.4 Å². The number of amides is 2. The molecule has 1 aliphatic rings. The lowest BCUT2D eigenvalue weighted by Gasteiger charge is -2.19. The van der Waals surface area contributed by atoms with E-state index in [0.717, 1.165) is 17.7 Å². The first kappa shape index (κ1) is 18.0. The third-order valence-corrected chi connectivity index (χ3v) is 5.13. The van der Waals surface area contributed by atoms with Crippen molar-refractivity contribution in [3.63, 3.8) is 0 Å². The van der Waals surface area contributed by atoms with Gasteiger partial charge < -0.3 is 10.2 Å². The van der Waals surface area contributed by atoms with E-state index < -0.39 is 0 Å². The molecule has 2 aromatic carbocycles. The molecule has 1 saturated heterocycles. The summed E-state index contributed by atoms with van der Waals surface area (Å²) in [6.45, 7) is 0.694. The number of benzene rings is 2. The van der Waals surface area contributed by atoms with E-state index in [4.69, 9.17) is 5.26 Å². The molecule has 132 valence electrons. The minimum Gasteiger partial charge on any atom is -0.324 e. The Morgan fingerprint density at radius 1 is 1.19 bits per heavy atom. The van der Waals surface area contributed by atoms with Gasteiger partial charge in [-0.05, 0) is 36.2 Å². The second-order valence-corrected chi connectivity index (χ2v) is 7.00. The maximum absolute atomic E-state index is 12.3. The number of nitriles is 1. The number of anilines is 2. The predicted octanol–water partition coefficient (Wildman–Crippen LogP) is 3.56. The lowest BCUT2D eigenvalue weighted by atomic mass is 10.2. The molecule has 1 heterocycles. The Balaban J connectivity index is 1.55. The molecule has 1 N–H and O–H groups in total. The van der Waals surface area contributed by atoms with Crippen LogP contribution in [-0.2, 0) is 15.3 Å². The number of thioether (sulfide) groups is 1. The van der Waals surface area contributed by atoms with E-state index in [9.17, 15) is 9.59 Å². The Bertz CT molecular complexity index is 843. The molecule has 1 fully saturated rings. The van der Waals surface area contributed by atoms with Gasteiger partial charge in [-0.25, -0.2) is 0 Å². The highest BCUT2D eigenvalue weighted by Crippen LogP contribution is 2.29. The predicted molar refractivity (Wildman–Crippen MR) is 104 cm³/mol. The van der Waals surface area contributed by atoms with Crippen LogP contribution < -0.4 is 10.2 Å². The van der Waals surface area contributed by atoms with Crippen molar-refractivity contribution in [3.8, 4) is 6.07 Å². The highest BCUT2D eigenvalue weighted by molar-refractivity contribution is 7.99. The fourth-order valence-electron chi connectivity index (χ4n) is 2.84. The normalized spacial score (nSPS) is 13.5. The maximum atomic E-state index is 12.3. The van der Waals surface area contributed by atoms with Gasteiger partial charge in [0.25, 0.3) is 0 Å². The largest absolute Gasteiger partial charge is 0.324 e. The van der Waals surface area contributed by atoms with Gasteiger partial charge >= 0.3 is 0 Å². The number of carbonyl (C=O) groups is 2. The first-order chi connectivity index (χ1) is 12.7. The number of hydrogen-bond acceptors (Lipinski definition) is 4. The van der Waals surface area contributed by atoms with Crippen LogP contribution in [0.2, 0.25) is 0 Å². The summed E-state index contributed by atoms with van der Waals surface area (Å²) in [6, 6.07) is 16.9. The molecule has 0 atom stereocenters. The van der Waals surface area contributed by atoms with E-state index in [1.165, 1.54) is 11.8 Å². The Labute approximate surface area is 157 Å². The summed E-state index contributed by atoms with van der Waals surface area (Å²) < 4.78 is 0. The van der Waals surface area contributed by atoms with E-state index >= 15 is 0 Å². The van der Waals surface area contributed by atoms with Gasteiger partial charge in [0.1, 0.15) is 0 Å². The maximum Gasteiger partial charge on any atom is 0.234 e. The Hall–Kier alpha value is -2.78. The zero-order valence-corrected chi connectivity index (χ0v) is 15.1. The van der Waals surface area contributed by atoms with E-state index in [-0.39, 0.29) is 11.8 Å². The van der Waals surface area contributed by atoms with Crippen molar-refractivity contribution in [2.24, 2.45) is 0 Å². The number of nitrogens with one attached hydrogen (secondary N) is 1. The van der Waals surface area contributed by atoms with Gasteiger partial charge in [-0.2, -0.15) is 5.26 Å². The van der Waals surface area contributed by atoms with Crippen LogP contribution in [0, 0.1) is 11.3 Å². The SMILES string of the molecule is N#Cc1ccc(CSCC(=O)Nc2ccccc2N2CCCC2=O)cc1. The minimum absolute atomic E-state index is 0.0947. The molecule has 26 heavy (non-hydrogen) atoms. The minimum atomic E-state index is -0.0947. The number of rotatable bonds is 6. The van der Waals surface area contributed by atoms with Crippen LogP contribution in [0.1, 0.15) is 24.0 Å². The van der Waals surface area contributed by atoms with Crippen LogP contribution >= 0.6 is 11.8 Å². The summed E-state index contributed by atoms with van der Waals surface area (Å²) in [5.74, 6) is 1.03. The Morgan fingerprint density at radius 2 is 1.96 bits per heavy atom. The van der Waals surface area contributed by atoms with E-state index in [1.807, 2.05) is 36.4 Å². The highest BCUT2D eigenvalue weighted by atomic mass is 32.2. The summed E-state index contributed by atoms with van der Waals surface area (Å²) in [4.78, 5) is 26.0. The average molecular weight is 365 g/mol. The Morgan fingerprint density at radius 3 is 2.65 bits per heavy atom. The molecule has 0 bridgehead atoms. The van der Waals surface area contributed by atoms with Crippen LogP contribution in [-0.4, -0.2) is 24.1 Å². The third-order valence-electron chi connectivity index (χ3n) is 4.13. The molecule has 2 aromatic rings. The van der Waals surface area contributed by atoms with E-state index in [1.54, 1.807) is 17.0 Å². The zero-order chi connectivity index (χ0) is 18.4. The quantitative estimate of drug-likeness (QED) is 0.849. The van der Waals surface area contributed by atoms with Gasteiger partial charge in [0.05, 0.1) is 28.8 Å². The highest BCUT2D eigenvalue weighted by Gasteiger charge is 2.24. The summed E-state index contributed by atoms with van der Waals surface area (Å²) in [5.41, 5.74) is 3.14. The van der Waals surface area contributed by atoms with Crippen molar-refractivity contribution in [1.82, 2.24) is 0 Å².